The van der Waals surface area contributed by atoms with E-state index in [2.05, 4.69) is 5.32 Å². The summed E-state index contributed by atoms with van der Waals surface area (Å²) in [5, 5.41) is 2.94. The van der Waals surface area contributed by atoms with Crippen LogP contribution in [-0.2, 0) is 9.53 Å². The first-order valence-corrected chi connectivity index (χ1v) is 7.70. The number of morpholine rings is 1. The summed E-state index contributed by atoms with van der Waals surface area (Å²) in [5.41, 5.74) is 0.925. The van der Waals surface area contributed by atoms with Gasteiger partial charge in [-0.15, -0.1) is 0 Å². The van der Waals surface area contributed by atoms with Gasteiger partial charge in [0.25, 0.3) is 0 Å². The van der Waals surface area contributed by atoms with Crippen LogP contribution in [0.25, 0.3) is 0 Å². The Balaban J connectivity index is 1.50. The molecule has 2 aliphatic heterocycles. The van der Waals surface area contributed by atoms with Crippen molar-refractivity contribution in [1.29, 1.82) is 0 Å². The molecule has 0 bridgehead atoms. The van der Waals surface area contributed by atoms with Crippen LogP contribution in [0.15, 0.2) is 30.3 Å². The third-order valence-corrected chi connectivity index (χ3v) is 4.11. The Morgan fingerprint density at radius 2 is 1.95 bits per heavy atom. The van der Waals surface area contributed by atoms with Gasteiger partial charge in [-0.3, -0.25) is 4.79 Å². The standard InChI is InChI=1S/C16H21N3O3/c20-15-10-13(12-19(15)14-4-2-1-3-5-14)11-17-16(21)18-6-8-22-9-7-18/h1-5,13H,6-12H2,(H,17,21). The quantitative estimate of drug-likeness (QED) is 0.909. The number of benzene rings is 1. The van der Waals surface area contributed by atoms with Crippen molar-refractivity contribution in [3.8, 4) is 0 Å². The van der Waals surface area contributed by atoms with Gasteiger partial charge >= 0.3 is 6.03 Å². The van der Waals surface area contributed by atoms with Crippen LogP contribution in [0.3, 0.4) is 0 Å². The van der Waals surface area contributed by atoms with Crippen LogP contribution in [0.4, 0.5) is 10.5 Å². The van der Waals surface area contributed by atoms with Gasteiger partial charge in [0.2, 0.25) is 5.91 Å². The van der Waals surface area contributed by atoms with Crippen LogP contribution in [-0.4, -0.2) is 56.2 Å². The summed E-state index contributed by atoms with van der Waals surface area (Å²) in [6, 6.07) is 9.60. The van der Waals surface area contributed by atoms with E-state index in [0.29, 0.717) is 45.8 Å². The second-order valence-corrected chi connectivity index (χ2v) is 5.70. The van der Waals surface area contributed by atoms with Crippen LogP contribution in [0.5, 0.6) is 0 Å². The molecule has 118 valence electrons. The Labute approximate surface area is 130 Å². The minimum Gasteiger partial charge on any atom is -0.378 e. The number of anilines is 1. The lowest BCUT2D eigenvalue weighted by Gasteiger charge is -2.27. The molecular formula is C16H21N3O3. The van der Waals surface area contributed by atoms with Crippen LogP contribution in [0, 0.1) is 5.92 Å². The molecule has 0 aliphatic carbocycles. The first-order chi connectivity index (χ1) is 10.7. The van der Waals surface area contributed by atoms with Gasteiger partial charge in [-0.25, -0.2) is 4.79 Å². The van der Waals surface area contributed by atoms with E-state index in [0.717, 1.165) is 5.69 Å². The van der Waals surface area contributed by atoms with Crippen LogP contribution < -0.4 is 10.2 Å². The van der Waals surface area contributed by atoms with Gasteiger partial charge < -0.3 is 19.9 Å². The summed E-state index contributed by atoms with van der Waals surface area (Å²) in [7, 11) is 0. The van der Waals surface area contributed by atoms with Crippen molar-refractivity contribution in [2.24, 2.45) is 5.92 Å². The smallest absolute Gasteiger partial charge is 0.317 e. The molecule has 22 heavy (non-hydrogen) atoms. The fourth-order valence-electron chi connectivity index (χ4n) is 2.89. The number of ether oxygens (including phenoxy) is 1. The van der Waals surface area contributed by atoms with E-state index in [1.165, 1.54) is 0 Å². The van der Waals surface area contributed by atoms with Crippen molar-refractivity contribution in [3.63, 3.8) is 0 Å². The van der Waals surface area contributed by atoms with E-state index in [1.807, 2.05) is 30.3 Å². The molecule has 1 N–H and O–H groups in total. The number of carbonyl (C=O) groups excluding carboxylic acids is 2. The molecule has 0 radical (unpaired) electrons. The molecule has 3 amide bonds. The maximum Gasteiger partial charge on any atom is 0.317 e. The predicted octanol–water partition coefficient (Wildman–Crippen LogP) is 1.08. The molecule has 3 rings (SSSR count). The summed E-state index contributed by atoms with van der Waals surface area (Å²) in [4.78, 5) is 27.7. The van der Waals surface area contributed by atoms with Crippen LogP contribution >= 0.6 is 0 Å². The van der Waals surface area contributed by atoms with E-state index in [9.17, 15) is 9.59 Å². The molecule has 0 aromatic heterocycles. The average Bonchev–Trinajstić information content (AvgIpc) is 2.95. The monoisotopic (exact) mass is 303 g/mol. The topological polar surface area (TPSA) is 61.9 Å². The van der Waals surface area contributed by atoms with Gasteiger partial charge in [0.15, 0.2) is 0 Å². The molecule has 6 nitrogen and oxygen atoms in total. The molecule has 1 unspecified atom stereocenters. The zero-order valence-electron chi connectivity index (χ0n) is 12.5. The molecule has 1 aromatic carbocycles. The highest BCUT2D eigenvalue weighted by molar-refractivity contribution is 5.95. The number of carbonyl (C=O) groups is 2. The lowest BCUT2D eigenvalue weighted by molar-refractivity contribution is -0.117. The fraction of sp³-hybridized carbons (Fsp3) is 0.500. The van der Waals surface area contributed by atoms with Gasteiger partial charge in [-0.1, -0.05) is 18.2 Å². The van der Waals surface area contributed by atoms with Gasteiger partial charge in [0.05, 0.1) is 13.2 Å². The number of hydrogen-bond donors (Lipinski definition) is 1. The molecule has 2 fully saturated rings. The number of hydrogen-bond acceptors (Lipinski definition) is 3. The largest absolute Gasteiger partial charge is 0.378 e. The maximum absolute atomic E-state index is 12.1. The molecular weight excluding hydrogens is 282 g/mol. The fourth-order valence-corrected chi connectivity index (χ4v) is 2.89. The normalized spacial score (nSPS) is 22.0. The first-order valence-electron chi connectivity index (χ1n) is 7.70. The number of rotatable bonds is 3. The van der Waals surface area contributed by atoms with Gasteiger partial charge in [-0.2, -0.15) is 0 Å². The van der Waals surface area contributed by atoms with Crippen LogP contribution in [0.2, 0.25) is 0 Å². The SMILES string of the molecule is O=C(NCC1CC(=O)N(c2ccccc2)C1)N1CCOCC1. The Hall–Kier alpha value is -2.08. The summed E-state index contributed by atoms with van der Waals surface area (Å²) in [6.45, 7) is 3.64. The maximum atomic E-state index is 12.1. The molecule has 0 saturated carbocycles. The number of amides is 3. The van der Waals surface area contributed by atoms with E-state index < -0.39 is 0 Å². The van der Waals surface area contributed by atoms with E-state index in [4.69, 9.17) is 4.74 Å². The Morgan fingerprint density at radius 1 is 1.23 bits per heavy atom. The van der Waals surface area contributed by atoms with E-state index in [1.54, 1.807) is 9.80 Å². The molecule has 6 heteroatoms. The number of nitrogens with zero attached hydrogens (tertiary/aromatic N) is 2. The minimum absolute atomic E-state index is 0.0612. The first kappa shape index (κ1) is 14.8. The molecule has 1 atom stereocenters. The Kier molecular flexibility index (Phi) is 4.58. The summed E-state index contributed by atoms with van der Waals surface area (Å²) in [6.07, 6.45) is 0.484. The van der Waals surface area contributed by atoms with Gasteiger partial charge in [-0.05, 0) is 12.1 Å². The second kappa shape index (κ2) is 6.79. The van der Waals surface area contributed by atoms with Crippen molar-refractivity contribution >= 4 is 17.6 Å². The Morgan fingerprint density at radius 3 is 2.68 bits per heavy atom. The molecule has 2 heterocycles. The lowest BCUT2D eigenvalue weighted by Crippen LogP contribution is -2.47. The zero-order valence-corrected chi connectivity index (χ0v) is 12.5. The highest BCUT2D eigenvalue weighted by atomic mass is 16.5. The van der Waals surface area contributed by atoms with E-state index >= 15 is 0 Å². The lowest BCUT2D eigenvalue weighted by atomic mass is 10.1. The molecule has 2 aliphatic rings. The Bertz CT molecular complexity index is 529. The molecule has 2 saturated heterocycles. The minimum atomic E-state index is -0.0612. The zero-order chi connectivity index (χ0) is 15.4. The van der Waals surface area contributed by atoms with Crippen molar-refractivity contribution < 1.29 is 14.3 Å². The summed E-state index contributed by atoms with van der Waals surface area (Å²) < 4.78 is 5.23. The highest BCUT2D eigenvalue weighted by Gasteiger charge is 2.31. The third-order valence-electron chi connectivity index (χ3n) is 4.11. The second-order valence-electron chi connectivity index (χ2n) is 5.70. The number of nitrogens with one attached hydrogen (secondary N) is 1. The highest BCUT2D eigenvalue weighted by Crippen LogP contribution is 2.24. The predicted molar refractivity (Wildman–Crippen MR) is 82.7 cm³/mol. The number of urea groups is 1. The van der Waals surface area contributed by atoms with E-state index in [-0.39, 0.29) is 17.9 Å². The molecule has 1 aromatic rings. The molecule has 0 spiro atoms. The summed E-state index contributed by atoms with van der Waals surface area (Å²) in [5.74, 6) is 0.287. The van der Waals surface area contributed by atoms with Crippen molar-refractivity contribution in [1.82, 2.24) is 10.2 Å². The number of para-hydroxylation sites is 1. The van der Waals surface area contributed by atoms with Crippen molar-refractivity contribution in [2.45, 2.75) is 6.42 Å². The third kappa shape index (κ3) is 3.39. The summed E-state index contributed by atoms with van der Waals surface area (Å²) >= 11 is 0. The van der Waals surface area contributed by atoms with Crippen LogP contribution in [0.1, 0.15) is 6.42 Å². The van der Waals surface area contributed by atoms with Gasteiger partial charge in [0.1, 0.15) is 0 Å². The van der Waals surface area contributed by atoms with Crippen molar-refractivity contribution in [2.75, 3.05) is 44.3 Å². The van der Waals surface area contributed by atoms with Crippen molar-refractivity contribution in [3.05, 3.63) is 30.3 Å². The van der Waals surface area contributed by atoms with Gasteiger partial charge in [0, 0.05) is 44.2 Å². The average molecular weight is 303 g/mol.